The zero-order valence-corrected chi connectivity index (χ0v) is 12.6. The summed E-state index contributed by atoms with van der Waals surface area (Å²) >= 11 is 3.26. The van der Waals surface area contributed by atoms with Crippen LogP contribution in [0.5, 0.6) is 0 Å². The van der Waals surface area contributed by atoms with E-state index in [1.54, 1.807) is 12.1 Å². The Kier molecular flexibility index (Phi) is 3.33. The first-order valence-electron chi connectivity index (χ1n) is 6.18. The molecule has 104 valence electrons. The second-order valence-electron chi connectivity index (χ2n) is 5.02. The quantitative estimate of drug-likeness (QED) is 0.815. The molecule has 7 heteroatoms. The van der Waals surface area contributed by atoms with Crippen LogP contribution in [0, 0.1) is 0 Å². The third kappa shape index (κ3) is 2.52. The first kappa shape index (κ1) is 13.4. The Hall–Kier alpha value is -0.630. The minimum absolute atomic E-state index is 0.00755. The van der Waals surface area contributed by atoms with Crippen molar-refractivity contribution in [1.29, 1.82) is 0 Å². The summed E-state index contributed by atoms with van der Waals surface area (Å²) < 4.78 is 33.8. The highest BCUT2D eigenvalue weighted by atomic mass is 79.9. The van der Waals surface area contributed by atoms with Gasteiger partial charge in [-0.25, -0.2) is 13.1 Å². The molecule has 19 heavy (non-hydrogen) atoms. The average molecular weight is 347 g/mol. The molecule has 2 aliphatic heterocycles. The lowest BCUT2D eigenvalue weighted by Crippen LogP contribution is -2.41. The molecule has 0 saturated carbocycles. The molecular weight excluding hydrogens is 332 g/mol. The van der Waals surface area contributed by atoms with Gasteiger partial charge in [0.15, 0.2) is 0 Å². The standard InChI is InChI=1S/C12H15BrN2O3S/c13-7-1-3-9(14)12(5-7)19(16,17)15-10-6-8-2-4-11(10)18-8/h1,3,5,8,10-11,15H,2,4,6,14H2. The van der Waals surface area contributed by atoms with Crippen LogP contribution in [-0.2, 0) is 14.8 Å². The number of nitrogens with one attached hydrogen (secondary N) is 1. The Morgan fingerprint density at radius 1 is 1.37 bits per heavy atom. The normalized spacial score (nSPS) is 29.8. The van der Waals surface area contributed by atoms with Crippen LogP contribution in [0.1, 0.15) is 19.3 Å². The molecule has 3 N–H and O–H groups in total. The highest BCUT2D eigenvalue weighted by molar-refractivity contribution is 9.10. The molecule has 2 bridgehead atoms. The summed E-state index contributed by atoms with van der Waals surface area (Å²) in [6.45, 7) is 0. The van der Waals surface area contributed by atoms with Gasteiger partial charge in [0.2, 0.25) is 10.0 Å². The number of sulfonamides is 1. The predicted octanol–water partition coefficient (Wildman–Crippen LogP) is 1.63. The number of hydrogen-bond donors (Lipinski definition) is 2. The monoisotopic (exact) mass is 346 g/mol. The van der Waals surface area contributed by atoms with Gasteiger partial charge in [-0.3, -0.25) is 0 Å². The number of hydrogen-bond acceptors (Lipinski definition) is 4. The van der Waals surface area contributed by atoms with E-state index in [1.165, 1.54) is 6.07 Å². The van der Waals surface area contributed by atoms with Gasteiger partial charge in [0.1, 0.15) is 4.90 Å². The summed E-state index contributed by atoms with van der Waals surface area (Å²) in [5.41, 5.74) is 6.00. The number of anilines is 1. The molecule has 2 fully saturated rings. The number of benzene rings is 1. The number of halogens is 1. The molecule has 1 aromatic rings. The first-order chi connectivity index (χ1) is 8.95. The molecule has 2 heterocycles. The van der Waals surface area contributed by atoms with Crippen molar-refractivity contribution in [2.45, 2.75) is 42.4 Å². The largest absolute Gasteiger partial charge is 0.398 e. The van der Waals surface area contributed by atoms with E-state index in [4.69, 9.17) is 10.5 Å². The second-order valence-corrected chi connectivity index (χ2v) is 7.62. The van der Waals surface area contributed by atoms with Crippen LogP contribution < -0.4 is 10.5 Å². The van der Waals surface area contributed by atoms with Gasteiger partial charge in [-0.1, -0.05) is 15.9 Å². The Morgan fingerprint density at radius 2 is 2.16 bits per heavy atom. The predicted molar refractivity (Wildman–Crippen MR) is 75.2 cm³/mol. The first-order valence-corrected chi connectivity index (χ1v) is 8.46. The van der Waals surface area contributed by atoms with E-state index in [0.29, 0.717) is 4.47 Å². The number of ether oxygens (including phenoxy) is 1. The highest BCUT2D eigenvalue weighted by Crippen LogP contribution is 2.35. The van der Waals surface area contributed by atoms with Crippen LogP contribution in [0.25, 0.3) is 0 Å². The van der Waals surface area contributed by atoms with Gasteiger partial charge in [0.05, 0.1) is 23.9 Å². The fourth-order valence-electron chi connectivity index (χ4n) is 2.77. The Balaban J connectivity index is 1.85. The summed E-state index contributed by atoms with van der Waals surface area (Å²) in [7, 11) is -3.60. The fourth-order valence-corrected chi connectivity index (χ4v) is 4.71. The zero-order chi connectivity index (χ0) is 13.6. The Morgan fingerprint density at radius 3 is 2.79 bits per heavy atom. The summed E-state index contributed by atoms with van der Waals surface area (Å²) in [5.74, 6) is 0. The van der Waals surface area contributed by atoms with Crippen LogP contribution in [0.15, 0.2) is 27.6 Å². The zero-order valence-electron chi connectivity index (χ0n) is 10.2. The van der Waals surface area contributed by atoms with Crippen molar-refractivity contribution >= 4 is 31.6 Å². The summed E-state index contributed by atoms with van der Waals surface area (Å²) in [6.07, 6.45) is 2.91. The summed E-state index contributed by atoms with van der Waals surface area (Å²) in [4.78, 5) is 0.115. The van der Waals surface area contributed by atoms with Gasteiger partial charge in [-0.15, -0.1) is 0 Å². The SMILES string of the molecule is Nc1ccc(Br)cc1S(=O)(=O)NC1CC2CCC1O2. The number of nitrogen functional groups attached to an aromatic ring is 1. The van der Waals surface area contributed by atoms with E-state index < -0.39 is 10.0 Å². The number of rotatable bonds is 3. The number of nitrogens with two attached hydrogens (primary N) is 1. The topological polar surface area (TPSA) is 81.4 Å². The maximum Gasteiger partial charge on any atom is 0.242 e. The van der Waals surface area contributed by atoms with E-state index in [0.717, 1.165) is 19.3 Å². The van der Waals surface area contributed by atoms with Crippen molar-refractivity contribution in [3.8, 4) is 0 Å². The van der Waals surface area contributed by atoms with E-state index in [2.05, 4.69) is 20.7 Å². The molecular formula is C12H15BrN2O3S. The summed E-state index contributed by atoms with van der Waals surface area (Å²) in [5, 5.41) is 0. The van der Waals surface area contributed by atoms with Crippen LogP contribution in [0.2, 0.25) is 0 Å². The van der Waals surface area contributed by atoms with E-state index in [-0.39, 0.29) is 28.8 Å². The smallest absolute Gasteiger partial charge is 0.242 e. The van der Waals surface area contributed by atoms with Gasteiger partial charge in [0, 0.05) is 4.47 Å². The van der Waals surface area contributed by atoms with E-state index in [1.807, 2.05) is 0 Å². The molecule has 0 spiro atoms. The van der Waals surface area contributed by atoms with Crippen LogP contribution in [0.3, 0.4) is 0 Å². The number of fused-ring (bicyclic) bond motifs is 2. The van der Waals surface area contributed by atoms with Crippen molar-refractivity contribution in [2.24, 2.45) is 0 Å². The Bertz CT molecular complexity index is 605. The van der Waals surface area contributed by atoms with Crippen molar-refractivity contribution in [3.63, 3.8) is 0 Å². The Labute approximate surface area is 120 Å². The molecule has 3 unspecified atom stereocenters. The molecule has 0 radical (unpaired) electrons. The molecule has 2 aliphatic rings. The minimum Gasteiger partial charge on any atom is -0.398 e. The summed E-state index contributed by atoms with van der Waals surface area (Å²) in [6, 6.07) is 4.68. The third-order valence-corrected chi connectivity index (χ3v) is 5.72. The van der Waals surface area contributed by atoms with Gasteiger partial charge in [0.25, 0.3) is 0 Å². The van der Waals surface area contributed by atoms with Crippen molar-refractivity contribution in [2.75, 3.05) is 5.73 Å². The molecule has 0 amide bonds. The fraction of sp³-hybridized carbons (Fsp3) is 0.500. The minimum atomic E-state index is -3.60. The molecule has 0 aliphatic carbocycles. The second kappa shape index (κ2) is 4.73. The lowest BCUT2D eigenvalue weighted by atomic mass is 9.96. The molecule has 3 rings (SSSR count). The van der Waals surface area contributed by atoms with E-state index >= 15 is 0 Å². The van der Waals surface area contributed by atoms with Gasteiger partial charge < -0.3 is 10.5 Å². The van der Waals surface area contributed by atoms with Gasteiger partial charge in [-0.05, 0) is 37.5 Å². The van der Waals surface area contributed by atoms with Gasteiger partial charge >= 0.3 is 0 Å². The lowest BCUT2D eigenvalue weighted by Gasteiger charge is -2.20. The van der Waals surface area contributed by atoms with Crippen molar-refractivity contribution in [3.05, 3.63) is 22.7 Å². The maximum absolute atomic E-state index is 12.4. The van der Waals surface area contributed by atoms with E-state index in [9.17, 15) is 8.42 Å². The van der Waals surface area contributed by atoms with Gasteiger partial charge in [-0.2, -0.15) is 0 Å². The molecule has 2 saturated heterocycles. The average Bonchev–Trinajstić information content (AvgIpc) is 2.93. The molecule has 3 atom stereocenters. The highest BCUT2D eigenvalue weighted by Gasteiger charge is 2.42. The lowest BCUT2D eigenvalue weighted by molar-refractivity contribution is 0.0996. The van der Waals surface area contributed by atoms with Crippen molar-refractivity contribution in [1.82, 2.24) is 4.72 Å². The maximum atomic E-state index is 12.4. The van der Waals surface area contributed by atoms with Crippen molar-refractivity contribution < 1.29 is 13.2 Å². The third-order valence-electron chi connectivity index (χ3n) is 3.68. The van der Waals surface area contributed by atoms with Crippen LogP contribution >= 0.6 is 15.9 Å². The molecule has 0 aromatic heterocycles. The van der Waals surface area contributed by atoms with Crippen LogP contribution in [0.4, 0.5) is 5.69 Å². The molecule has 1 aromatic carbocycles. The van der Waals surface area contributed by atoms with Crippen LogP contribution in [-0.4, -0.2) is 26.7 Å². The molecule has 5 nitrogen and oxygen atoms in total.